The first kappa shape index (κ1) is 13.7. The SMILES string of the molecule is CC(C)c1nn(CC(=O)O)c(=O)c2cnc(C3CC3)cc12. The van der Waals surface area contributed by atoms with Crippen molar-refractivity contribution in [2.24, 2.45) is 0 Å². The summed E-state index contributed by atoms with van der Waals surface area (Å²) in [7, 11) is 0. The van der Waals surface area contributed by atoms with E-state index in [-0.39, 0.29) is 5.92 Å². The van der Waals surface area contributed by atoms with Crippen molar-refractivity contribution in [2.45, 2.75) is 45.1 Å². The van der Waals surface area contributed by atoms with Gasteiger partial charge in [0.15, 0.2) is 0 Å². The van der Waals surface area contributed by atoms with Gasteiger partial charge in [-0.05, 0) is 24.8 Å². The third kappa shape index (κ3) is 2.53. The molecule has 6 heteroatoms. The van der Waals surface area contributed by atoms with Gasteiger partial charge in [-0.3, -0.25) is 14.6 Å². The van der Waals surface area contributed by atoms with Crippen LogP contribution in [0.15, 0.2) is 17.1 Å². The molecule has 0 amide bonds. The molecule has 2 heterocycles. The van der Waals surface area contributed by atoms with Crippen molar-refractivity contribution in [1.82, 2.24) is 14.8 Å². The summed E-state index contributed by atoms with van der Waals surface area (Å²) in [6.07, 6.45) is 3.84. The van der Waals surface area contributed by atoms with Crippen molar-refractivity contribution >= 4 is 16.7 Å². The summed E-state index contributed by atoms with van der Waals surface area (Å²) in [6, 6.07) is 1.95. The van der Waals surface area contributed by atoms with Gasteiger partial charge in [-0.2, -0.15) is 5.10 Å². The van der Waals surface area contributed by atoms with Crippen molar-refractivity contribution in [1.29, 1.82) is 0 Å². The zero-order valence-electron chi connectivity index (χ0n) is 12.0. The molecule has 2 aromatic heterocycles. The highest BCUT2D eigenvalue weighted by molar-refractivity contribution is 5.84. The highest BCUT2D eigenvalue weighted by atomic mass is 16.4. The number of aliphatic carboxylic acids is 1. The minimum absolute atomic E-state index is 0.0996. The molecule has 1 N–H and O–H groups in total. The quantitative estimate of drug-likeness (QED) is 0.928. The van der Waals surface area contributed by atoms with Crippen LogP contribution in [0.2, 0.25) is 0 Å². The van der Waals surface area contributed by atoms with E-state index in [9.17, 15) is 9.59 Å². The van der Waals surface area contributed by atoms with E-state index in [2.05, 4.69) is 10.1 Å². The van der Waals surface area contributed by atoms with Gasteiger partial charge in [0.05, 0.1) is 11.1 Å². The zero-order chi connectivity index (χ0) is 15.1. The number of pyridine rings is 1. The Morgan fingerprint density at radius 1 is 1.43 bits per heavy atom. The summed E-state index contributed by atoms with van der Waals surface area (Å²) >= 11 is 0. The standard InChI is InChI=1S/C15H17N3O3/c1-8(2)14-10-5-12(9-3-4-9)16-6-11(10)15(21)18(17-14)7-13(19)20/h5-6,8-9H,3-4,7H2,1-2H3,(H,19,20). The fourth-order valence-corrected chi connectivity index (χ4v) is 2.49. The molecule has 1 aliphatic carbocycles. The van der Waals surface area contributed by atoms with Gasteiger partial charge in [0.1, 0.15) is 6.54 Å². The van der Waals surface area contributed by atoms with Crippen LogP contribution < -0.4 is 5.56 Å². The second-order valence-electron chi connectivity index (χ2n) is 5.83. The number of aromatic nitrogens is 3. The number of carboxylic acids is 1. The first-order valence-electron chi connectivity index (χ1n) is 7.10. The van der Waals surface area contributed by atoms with Gasteiger partial charge in [-0.1, -0.05) is 13.8 Å². The number of fused-ring (bicyclic) bond motifs is 1. The summed E-state index contributed by atoms with van der Waals surface area (Å²) in [5, 5.41) is 14.4. The number of nitrogens with zero attached hydrogens (tertiary/aromatic N) is 3. The Morgan fingerprint density at radius 2 is 2.14 bits per heavy atom. The third-order valence-electron chi connectivity index (χ3n) is 3.72. The lowest BCUT2D eigenvalue weighted by Gasteiger charge is -2.12. The first-order chi connectivity index (χ1) is 9.97. The van der Waals surface area contributed by atoms with Gasteiger partial charge in [0.25, 0.3) is 5.56 Å². The smallest absolute Gasteiger partial charge is 0.325 e. The molecule has 0 aliphatic heterocycles. The summed E-state index contributed by atoms with van der Waals surface area (Å²) in [4.78, 5) is 27.6. The van der Waals surface area contributed by atoms with Gasteiger partial charge in [-0.25, -0.2) is 4.68 Å². The molecule has 0 radical (unpaired) electrons. The molecule has 0 spiro atoms. The van der Waals surface area contributed by atoms with Crippen LogP contribution in [0.25, 0.3) is 10.8 Å². The normalized spacial score (nSPS) is 14.8. The Hall–Kier alpha value is -2.24. The maximum atomic E-state index is 12.3. The predicted octanol–water partition coefficient (Wildman–Crippen LogP) is 1.88. The Labute approximate surface area is 121 Å². The fourth-order valence-electron chi connectivity index (χ4n) is 2.49. The molecule has 0 unspecified atom stereocenters. The summed E-state index contributed by atoms with van der Waals surface area (Å²) in [5.41, 5.74) is 1.35. The minimum atomic E-state index is -1.08. The first-order valence-corrected chi connectivity index (χ1v) is 7.10. The van der Waals surface area contributed by atoms with Crippen LogP contribution in [0.4, 0.5) is 0 Å². The molecule has 110 valence electrons. The van der Waals surface area contributed by atoms with Gasteiger partial charge in [0, 0.05) is 23.2 Å². The van der Waals surface area contributed by atoms with E-state index in [1.165, 1.54) is 0 Å². The number of hydrogen-bond donors (Lipinski definition) is 1. The number of hydrogen-bond acceptors (Lipinski definition) is 4. The van der Waals surface area contributed by atoms with Gasteiger partial charge >= 0.3 is 5.97 Å². The molecule has 3 rings (SSSR count). The Morgan fingerprint density at radius 3 is 2.71 bits per heavy atom. The lowest BCUT2D eigenvalue weighted by Crippen LogP contribution is -2.28. The highest BCUT2D eigenvalue weighted by Crippen LogP contribution is 2.39. The van der Waals surface area contributed by atoms with Crippen LogP contribution in [-0.4, -0.2) is 25.8 Å². The van der Waals surface area contributed by atoms with Gasteiger partial charge < -0.3 is 5.11 Å². The monoisotopic (exact) mass is 287 g/mol. The molecule has 0 aromatic carbocycles. The maximum absolute atomic E-state index is 12.3. The van der Waals surface area contributed by atoms with Gasteiger partial charge in [0.2, 0.25) is 0 Å². The summed E-state index contributed by atoms with van der Waals surface area (Å²) < 4.78 is 1.01. The number of carbonyl (C=O) groups is 1. The average Bonchev–Trinajstić information content (AvgIpc) is 3.25. The molecule has 6 nitrogen and oxygen atoms in total. The van der Waals surface area contributed by atoms with Crippen LogP contribution in [0, 0.1) is 0 Å². The van der Waals surface area contributed by atoms with E-state index in [0.29, 0.717) is 11.3 Å². The minimum Gasteiger partial charge on any atom is -0.480 e. The van der Waals surface area contributed by atoms with Crippen molar-refractivity contribution in [2.75, 3.05) is 0 Å². The van der Waals surface area contributed by atoms with E-state index in [4.69, 9.17) is 5.11 Å². The van der Waals surface area contributed by atoms with E-state index in [1.807, 2.05) is 19.9 Å². The number of rotatable bonds is 4. The summed E-state index contributed by atoms with van der Waals surface area (Å²) in [5.74, 6) is -0.486. The van der Waals surface area contributed by atoms with E-state index >= 15 is 0 Å². The Balaban J connectivity index is 2.25. The predicted molar refractivity (Wildman–Crippen MR) is 77.5 cm³/mol. The van der Waals surface area contributed by atoms with Gasteiger partial charge in [-0.15, -0.1) is 0 Å². The maximum Gasteiger partial charge on any atom is 0.325 e. The van der Waals surface area contributed by atoms with Crippen molar-refractivity contribution in [3.63, 3.8) is 0 Å². The second kappa shape index (κ2) is 4.95. The number of carboxylic acid groups (broad SMARTS) is 1. The lowest BCUT2D eigenvalue weighted by atomic mass is 10.0. The van der Waals surface area contributed by atoms with Crippen LogP contribution in [0.5, 0.6) is 0 Å². The van der Waals surface area contributed by atoms with Crippen molar-refractivity contribution in [3.05, 3.63) is 34.0 Å². The van der Waals surface area contributed by atoms with E-state index < -0.39 is 18.1 Å². The summed E-state index contributed by atoms with van der Waals surface area (Å²) in [6.45, 7) is 3.53. The molecule has 1 fully saturated rings. The van der Waals surface area contributed by atoms with Crippen molar-refractivity contribution in [3.8, 4) is 0 Å². The average molecular weight is 287 g/mol. The van der Waals surface area contributed by atoms with Crippen LogP contribution in [0.3, 0.4) is 0 Å². The molecule has 0 atom stereocenters. The topological polar surface area (TPSA) is 85.1 Å². The second-order valence-corrected chi connectivity index (χ2v) is 5.83. The molecule has 1 saturated carbocycles. The molecule has 1 aliphatic rings. The van der Waals surface area contributed by atoms with Crippen LogP contribution in [-0.2, 0) is 11.3 Å². The van der Waals surface area contributed by atoms with Crippen LogP contribution in [0.1, 0.15) is 49.9 Å². The third-order valence-corrected chi connectivity index (χ3v) is 3.72. The molecule has 2 aromatic rings. The highest BCUT2D eigenvalue weighted by Gasteiger charge is 2.26. The van der Waals surface area contributed by atoms with E-state index in [0.717, 1.165) is 34.3 Å². The molecular weight excluding hydrogens is 270 g/mol. The van der Waals surface area contributed by atoms with Crippen molar-refractivity contribution < 1.29 is 9.90 Å². The zero-order valence-corrected chi connectivity index (χ0v) is 12.0. The molecular formula is C15H17N3O3. The molecule has 0 bridgehead atoms. The van der Waals surface area contributed by atoms with E-state index in [1.54, 1.807) is 6.20 Å². The molecule has 21 heavy (non-hydrogen) atoms. The molecule has 0 saturated heterocycles. The largest absolute Gasteiger partial charge is 0.480 e. The Bertz CT molecular complexity index is 776. The lowest BCUT2D eigenvalue weighted by molar-refractivity contribution is -0.138. The van der Waals surface area contributed by atoms with Crippen LogP contribution >= 0.6 is 0 Å². The Kier molecular flexibility index (Phi) is 3.23. The fraction of sp³-hybridized carbons (Fsp3) is 0.467.